The molecule has 2 atom stereocenters. The molecule has 5 nitrogen and oxygen atoms in total. The van der Waals surface area contributed by atoms with Gasteiger partial charge in [0.2, 0.25) is 5.91 Å². The number of nitrogens with zero attached hydrogens (tertiary/aromatic N) is 1. The molecule has 1 aromatic rings. The molecule has 1 saturated carbocycles. The number of hydrogen-bond donors (Lipinski definition) is 1. The molecule has 1 N–H and O–H groups in total. The third-order valence-corrected chi connectivity index (χ3v) is 4.08. The molecule has 0 aromatic carbocycles. The SMILES string of the molecule is COC(=O)CCCc1csc(NC(=O)C2CC2C)n1. The summed E-state index contributed by atoms with van der Waals surface area (Å²) in [5, 5.41) is 5.41. The summed E-state index contributed by atoms with van der Waals surface area (Å²) in [6, 6.07) is 0. The van der Waals surface area contributed by atoms with E-state index in [2.05, 4.69) is 22.0 Å². The normalized spacial score (nSPS) is 20.9. The summed E-state index contributed by atoms with van der Waals surface area (Å²) in [5.74, 6) is 0.528. The van der Waals surface area contributed by atoms with E-state index in [-0.39, 0.29) is 17.8 Å². The van der Waals surface area contributed by atoms with Crippen molar-refractivity contribution in [1.82, 2.24) is 4.98 Å². The predicted octanol–water partition coefficient (Wildman–Crippen LogP) is 2.23. The average Bonchev–Trinajstić information content (AvgIpc) is 2.96. The van der Waals surface area contributed by atoms with Crippen LogP contribution in [0.15, 0.2) is 5.38 Å². The largest absolute Gasteiger partial charge is 0.469 e. The van der Waals surface area contributed by atoms with E-state index in [9.17, 15) is 9.59 Å². The molecule has 104 valence electrons. The van der Waals surface area contributed by atoms with Crippen molar-refractivity contribution in [3.8, 4) is 0 Å². The van der Waals surface area contributed by atoms with Gasteiger partial charge in [-0.05, 0) is 25.2 Å². The number of aromatic nitrogens is 1. The number of methoxy groups -OCH3 is 1. The number of amides is 1. The van der Waals surface area contributed by atoms with Crippen molar-refractivity contribution in [1.29, 1.82) is 0 Å². The molecule has 6 heteroatoms. The van der Waals surface area contributed by atoms with E-state index in [0.29, 0.717) is 23.9 Å². The molecule has 1 aliphatic carbocycles. The van der Waals surface area contributed by atoms with Crippen LogP contribution in [0.4, 0.5) is 5.13 Å². The molecule has 0 spiro atoms. The lowest BCUT2D eigenvalue weighted by Gasteiger charge is -1.99. The van der Waals surface area contributed by atoms with Crippen LogP contribution in [0, 0.1) is 11.8 Å². The van der Waals surface area contributed by atoms with Gasteiger partial charge in [0.05, 0.1) is 12.8 Å². The first-order chi connectivity index (χ1) is 9.10. The van der Waals surface area contributed by atoms with E-state index in [1.165, 1.54) is 18.4 Å². The Kier molecular flexibility index (Phi) is 4.52. The molecule has 0 aliphatic heterocycles. The summed E-state index contributed by atoms with van der Waals surface area (Å²) < 4.78 is 4.58. The van der Waals surface area contributed by atoms with Gasteiger partial charge in [0.25, 0.3) is 0 Å². The third kappa shape index (κ3) is 4.02. The molecule has 2 unspecified atom stereocenters. The zero-order valence-corrected chi connectivity index (χ0v) is 12.0. The number of hydrogen-bond acceptors (Lipinski definition) is 5. The highest BCUT2D eigenvalue weighted by atomic mass is 32.1. The molecule has 1 amide bonds. The lowest BCUT2D eigenvalue weighted by molar-refractivity contribution is -0.140. The maximum atomic E-state index is 11.7. The van der Waals surface area contributed by atoms with Gasteiger partial charge in [0.1, 0.15) is 0 Å². The minimum Gasteiger partial charge on any atom is -0.469 e. The van der Waals surface area contributed by atoms with Crippen molar-refractivity contribution in [2.45, 2.75) is 32.6 Å². The Labute approximate surface area is 116 Å². The molecule has 2 rings (SSSR count). The first-order valence-electron chi connectivity index (χ1n) is 6.42. The molecule has 1 aromatic heterocycles. The Morgan fingerprint density at radius 1 is 1.58 bits per heavy atom. The Morgan fingerprint density at radius 2 is 2.32 bits per heavy atom. The van der Waals surface area contributed by atoms with Crippen molar-refractivity contribution in [3.63, 3.8) is 0 Å². The second-order valence-electron chi connectivity index (χ2n) is 4.88. The van der Waals surface area contributed by atoms with Crippen molar-refractivity contribution in [2.24, 2.45) is 11.8 Å². The number of ether oxygens (including phenoxy) is 1. The smallest absolute Gasteiger partial charge is 0.305 e. The second kappa shape index (κ2) is 6.14. The van der Waals surface area contributed by atoms with Crippen molar-refractivity contribution in [3.05, 3.63) is 11.1 Å². The number of aryl methyl sites for hydroxylation is 1. The van der Waals surface area contributed by atoms with Crippen LogP contribution in [-0.4, -0.2) is 24.0 Å². The number of nitrogens with one attached hydrogen (secondary N) is 1. The van der Waals surface area contributed by atoms with Gasteiger partial charge < -0.3 is 10.1 Å². The number of esters is 1. The van der Waals surface area contributed by atoms with Crippen LogP contribution in [0.3, 0.4) is 0 Å². The summed E-state index contributed by atoms with van der Waals surface area (Å²) in [7, 11) is 1.39. The molecule has 1 aliphatic rings. The first kappa shape index (κ1) is 14.0. The maximum absolute atomic E-state index is 11.7. The highest BCUT2D eigenvalue weighted by Gasteiger charge is 2.39. The number of anilines is 1. The first-order valence-corrected chi connectivity index (χ1v) is 7.30. The van der Waals surface area contributed by atoms with Gasteiger partial charge in [-0.2, -0.15) is 0 Å². The number of thiazole rings is 1. The highest BCUT2D eigenvalue weighted by molar-refractivity contribution is 7.13. The molecule has 0 saturated heterocycles. The zero-order chi connectivity index (χ0) is 13.8. The van der Waals surface area contributed by atoms with E-state index in [4.69, 9.17) is 0 Å². The molecular formula is C13H18N2O3S. The van der Waals surface area contributed by atoms with E-state index < -0.39 is 0 Å². The fraction of sp³-hybridized carbons (Fsp3) is 0.615. The monoisotopic (exact) mass is 282 g/mol. The average molecular weight is 282 g/mol. The number of carbonyl (C=O) groups is 2. The number of rotatable bonds is 6. The molecule has 19 heavy (non-hydrogen) atoms. The van der Waals surface area contributed by atoms with E-state index in [1.807, 2.05) is 5.38 Å². The van der Waals surface area contributed by atoms with Crippen LogP contribution < -0.4 is 5.32 Å². The Morgan fingerprint density at radius 3 is 2.95 bits per heavy atom. The summed E-state index contributed by atoms with van der Waals surface area (Å²) in [6.45, 7) is 2.07. The lowest BCUT2D eigenvalue weighted by Crippen LogP contribution is -2.14. The van der Waals surface area contributed by atoms with Gasteiger partial charge >= 0.3 is 5.97 Å². The van der Waals surface area contributed by atoms with Crippen LogP contribution >= 0.6 is 11.3 Å². The molecule has 0 radical (unpaired) electrons. The molecular weight excluding hydrogens is 264 g/mol. The van der Waals surface area contributed by atoms with Gasteiger partial charge in [-0.3, -0.25) is 9.59 Å². The fourth-order valence-electron chi connectivity index (χ4n) is 1.88. The Hall–Kier alpha value is -1.43. The van der Waals surface area contributed by atoms with Crippen molar-refractivity contribution in [2.75, 3.05) is 12.4 Å². The lowest BCUT2D eigenvalue weighted by atomic mass is 10.2. The highest BCUT2D eigenvalue weighted by Crippen LogP contribution is 2.38. The topological polar surface area (TPSA) is 68.3 Å². The quantitative estimate of drug-likeness (QED) is 0.812. The predicted molar refractivity (Wildman–Crippen MR) is 73.0 cm³/mol. The van der Waals surface area contributed by atoms with E-state index >= 15 is 0 Å². The van der Waals surface area contributed by atoms with E-state index in [0.717, 1.165) is 18.5 Å². The van der Waals surface area contributed by atoms with Crippen LogP contribution in [-0.2, 0) is 20.7 Å². The Balaban J connectivity index is 1.75. The summed E-state index contributed by atoms with van der Waals surface area (Å²) >= 11 is 1.43. The third-order valence-electron chi connectivity index (χ3n) is 3.27. The van der Waals surface area contributed by atoms with Crippen molar-refractivity contribution >= 4 is 28.3 Å². The summed E-state index contributed by atoms with van der Waals surface area (Å²) in [6.07, 6.45) is 2.81. The maximum Gasteiger partial charge on any atom is 0.305 e. The van der Waals surface area contributed by atoms with Crippen molar-refractivity contribution < 1.29 is 14.3 Å². The van der Waals surface area contributed by atoms with Gasteiger partial charge in [-0.15, -0.1) is 11.3 Å². The zero-order valence-electron chi connectivity index (χ0n) is 11.1. The molecule has 0 bridgehead atoms. The van der Waals surface area contributed by atoms with Crippen LogP contribution in [0.2, 0.25) is 0 Å². The van der Waals surface area contributed by atoms with Crippen LogP contribution in [0.5, 0.6) is 0 Å². The minimum absolute atomic E-state index is 0.0722. The van der Waals surface area contributed by atoms with E-state index in [1.54, 1.807) is 0 Å². The standard InChI is InChI=1S/C13H18N2O3S/c1-8-6-10(8)12(17)15-13-14-9(7-19-13)4-3-5-11(16)18-2/h7-8,10H,3-6H2,1-2H3,(H,14,15,17). The van der Waals surface area contributed by atoms with Gasteiger partial charge in [-0.1, -0.05) is 6.92 Å². The van der Waals surface area contributed by atoms with Gasteiger partial charge in [-0.25, -0.2) is 4.98 Å². The fourth-order valence-corrected chi connectivity index (χ4v) is 2.63. The summed E-state index contributed by atoms with van der Waals surface area (Å²) in [5.41, 5.74) is 0.910. The van der Waals surface area contributed by atoms with Gasteiger partial charge in [0.15, 0.2) is 5.13 Å². The molecule has 1 heterocycles. The van der Waals surface area contributed by atoms with Crippen LogP contribution in [0.1, 0.15) is 31.9 Å². The number of carbonyl (C=O) groups excluding carboxylic acids is 2. The second-order valence-corrected chi connectivity index (χ2v) is 5.74. The summed E-state index contributed by atoms with van der Waals surface area (Å²) in [4.78, 5) is 27.0. The van der Waals surface area contributed by atoms with Gasteiger partial charge in [0, 0.05) is 17.7 Å². The minimum atomic E-state index is -0.202. The Bertz CT molecular complexity index is 472. The van der Waals surface area contributed by atoms with Crippen LogP contribution in [0.25, 0.3) is 0 Å². The molecule has 1 fully saturated rings.